The van der Waals surface area contributed by atoms with E-state index in [1.165, 1.54) is 16.9 Å². The first kappa shape index (κ1) is 9.10. The molecule has 0 aliphatic rings. The van der Waals surface area contributed by atoms with Crippen LogP contribution in [0.3, 0.4) is 0 Å². The van der Waals surface area contributed by atoms with Crippen LogP contribution in [0.5, 0.6) is 0 Å². The van der Waals surface area contributed by atoms with E-state index in [2.05, 4.69) is 0 Å². The second-order valence-electron chi connectivity index (χ2n) is 2.05. The minimum absolute atomic E-state index is 0.0793. The van der Waals surface area contributed by atoms with E-state index in [1.54, 1.807) is 14.1 Å². The number of hydrogen-bond acceptors (Lipinski definition) is 3. The molecule has 0 aromatic carbocycles. The Morgan fingerprint density at radius 3 is 2.30 bits per heavy atom. The molecule has 4 nitrogen and oxygen atoms in total. The standard InChI is InChI=1S/C6H12N2O2/c1-6(10)8(3)7(2)4-5-9/h5H,4H2,1-3H3. The summed E-state index contributed by atoms with van der Waals surface area (Å²) in [5.74, 6) is -0.0793. The molecule has 10 heavy (non-hydrogen) atoms. The molecule has 0 aromatic heterocycles. The minimum Gasteiger partial charge on any atom is -0.302 e. The molecule has 0 radical (unpaired) electrons. The highest BCUT2D eigenvalue weighted by Crippen LogP contribution is 1.87. The van der Waals surface area contributed by atoms with E-state index < -0.39 is 0 Å². The Morgan fingerprint density at radius 2 is 2.00 bits per heavy atom. The third-order valence-corrected chi connectivity index (χ3v) is 1.31. The van der Waals surface area contributed by atoms with Crippen molar-refractivity contribution >= 4 is 12.2 Å². The summed E-state index contributed by atoms with van der Waals surface area (Å²) in [6, 6.07) is 0. The SMILES string of the molecule is CC(=O)N(C)N(C)CC=O. The normalized spacial score (nSPS) is 9.60. The van der Waals surface area contributed by atoms with Crippen molar-refractivity contribution in [3.8, 4) is 0 Å². The first-order valence-electron chi connectivity index (χ1n) is 2.98. The Bertz CT molecular complexity index is 136. The van der Waals surface area contributed by atoms with Gasteiger partial charge in [0.1, 0.15) is 6.29 Å². The maximum absolute atomic E-state index is 10.6. The molecule has 0 rings (SSSR count). The van der Waals surface area contributed by atoms with Gasteiger partial charge in [-0.1, -0.05) is 0 Å². The molecule has 58 valence electrons. The Kier molecular flexibility index (Phi) is 3.64. The Hall–Kier alpha value is -0.900. The van der Waals surface area contributed by atoms with Gasteiger partial charge in [-0.15, -0.1) is 0 Å². The van der Waals surface area contributed by atoms with E-state index in [-0.39, 0.29) is 12.5 Å². The molecule has 0 atom stereocenters. The zero-order valence-corrected chi connectivity index (χ0v) is 6.50. The first-order valence-corrected chi connectivity index (χ1v) is 2.98. The van der Waals surface area contributed by atoms with Gasteiger partial charge in [0, 0.05) is 21.0 Å². The van der Waals surface area contributed by atoms with Gasteiger partial charge >= 0.3 is 0 Å². The van der Waals surface area contributed by atoms with Crippen LogP contribution in [-0.4, -0.2) is 42.9 Å². The highest BCUT2D eigenvalue weighted by molar-refractivity contribution is 5.72. The second-order valence-corrected chi connectivity index (χ2v) is 2.05. The van der Waals surface area contributed by atoms with Gasteiger partial charge in [-0.25, -0.2) is 5.01 Å². The van der Waals surface area contributed by atoms with Crippen LogP contribution in [0.4, 0.5) is 0 Å². The fraction of sp³-hybridized carbons (Fsp3) is 0.667. The summed E-state index contributed by atoms with van der Waals surface area (Å²) in [4.78, 5) is 20.6. The molecule has 0 aromatic rings. The molecule has 0 aliphatic carbocycles. The third-order valence-electron chi connectivity index (χ3n) is 1.31. The lowest BCUT2D eigenvalue weighted by atomic mass is 10.6. The molecular weight excluding hydrogens is 132 g/mol. The second kappa shape index (κ2) is 4.00. The predicted octanol–water partition coefficient (Wildman–Crippen LogP) is -0.490. The van der Waals surface area contributed by atoms with E-state index >= 15 is 0 Å². The highest BCUT2D eigenvalue weighted by atomic mass is 16.2. The van der Waals surface area contributed by atoms with Crippen LogP contribution in [0, 0.1) is 0 Å². The Morgan fingerprint density at radius 1 is 1.50 bits per heavy atom. The summed E-state index contributed by atoms with van der Waals surface area (Å²) >= 11 is 0. The van der Waals surface area contributed by atoms with Crippen molar-refractivity contribution in [3.05, 3.63) is 0 Å². The molecule has 4 heteroatoms. The van der Waals surface area contributed by atoms with Gasteiger partial charge in [0.25, 0.3) is 0 Å². The molecule has 0 N–H and O–H groups in total. The summed E-state index contributed by atoms with van der Waals surface area (Å²) in [6.45, 7) is 1.69. The van der Waals surface area contributed by atoms with Crippen molar-refractivity contribution in [2.45, 2.75) is 6.92 Å². The fourth-order valence-electron chi connectivity index (χ4n) is 0.471. The number of likely N-dealkylation sites (N-methyl/N-ethyl adjacent to an activating group) is 1. The molecular formula is C6H12N2O2. The Labute approximate surface area is 60.4 Å². The van der Waals surface area contributed by atoms with Crippen molar-refractivity contribution in [1.82, 2.24) is 10.0 Å². The Balaban J connectivity index is 3.80. The number of carbonyl (C=O) groups is 2. The van der Waals surface area contributed by atoms with E-state index in [0.29, 0.717) is 0 Å². The van der Waals surface area contributed by atoms with Gasteiger partial charge < -0.3 is 4.79 Å². The van der Waals surface area contributed by atoms with Crippen molar-refractivity contribution < 1.29 is 9.59 Å². The molecule has 0 heterocycles. The van der Waals surface area contributed by atoms with Crippen LogP contribution in [0.2, 0.25) is 0 Å². The van der Waals surface area contributed by atoms with Crippen LogP contribution in [0.1, 0.15) is 6.92 Å². The lowest BCUT2D eigenvalue weighted by molar-refractivity contribution is -0.141. The zero-order chi connectivity index (χ0) is 8.15. The molecule has 0 unspecified atom stereocenters. The van der Waals surface area contributed by atoms with E-state index in [4.69, 9.17) is 0 Å². The number of rotatable bonds is 3. The van der Waals surface area contributed by atoms with Crippen molar-refractivity contribution in [2.75, 3.05) is 20.6 Å². The number of amides is 1. The predicted molar refractivity (Wildman–Crippen MR) is 37.1 cm³/mol. The maximum Gasteiger partial charge on any atom is 0.233 e. The molecule has 0 spiro atoms. The summed E-state index contributed by atoms with van der Waals surface area (Å²) in [5, 5.41) is 2.92. The van der Waals surface area contributed by atoms with Gasteiger partial charge in [-0.3, -0.25) is 9.80 Å². The van der Waals surface area contributed by atoms with Crippen LogP contribution in [-0.2, 0) is 9.59 Å². The molecule has 0 saturated carbocycles. The minimum atomic E-state index is -0.0793. The molecule has 1 amide bonds. The topological polar surface area (TPSA) is 40.6 Å². The number of nitrogens with zero attached hydrogens (tertiary/aromatic N) is 2. The van der Waals surface area contributed by atoms with E-state index in [0.717, 1.165) is 6.29 Å². The van der Waals surface area contributed by atoms with Gasteiger partial charge in [0.2, 0.25) is 5.91 Å². The van der Waals surface area contributed by atoms with Crippen molar-refractivity contribution in [1.29, 1.82) is 0 Å². The largest absolute Gasteiger partial charge is 0.302 e. The summed E-state index contributed by atoms with van der Waals surface area (Å²) in [7, 11) is 3.29. The monoisotopic (exact) mass is 144 g/mol. The van der Waals surface area contributed by atoms with E-state index in [9.17, 15) is 9.59 Å². The number of hydrazine groups is 1. The lowest BCUT2D eigenvalue weighted by Crippen LogP contribution is -2.40. The summed E-state index contributed by atoms with van der Waals surface area (Å²) in [6.07, 6.45) is 0.749. The maximum atomic E-state index is 10.6. The molecule has 0 saturated heterocycles. The first-order chi connectivity index (χ1) is 4.59. The number of hydrogen-bond donors (Lipinski definition) is 0. The molecule has 0 fully saturated rings. The van der Waals surface area contributed by atoms with Gasteiger partial charge in [-0.05, 0) is 0 Å². The number of carbonyl (C=O) groups excluding carboxylic acids is 2. The zero-order valence-electron chi connectivity index (χ0n) is 6.50. The smallest absolute Gasteiger partial charge is 0.233 e. The summed E-state index contributed by atoms with van der Waals surface area (Å²) in [5.41, 5.74) is 0. The average molecular weight is 144 g/mol. The molecule has 0 aliphatic heterocycles. The van der Waals surface area contributed by atoms with Crippen LogP contribution >= 0.6 is 0 Å². The quantitative estimate of drug-likeness (QED) is 0.396. The van der Waals surface area contributed by atoms with Crippen LogP contribution in [0.25, 0.3) is 0 Å². The van der Waals surface area contributed by atoms with Gasteiger partial charge in [0.15, 0.2) is 0 Å². The van der Waals surface area contributed by atoms with Gasteiger partial charge in [0.05, 0.1) is 6.54 Å². The molecule has 0 bridgehead atoms. The fourth-order valence-corrected chi connectivity index (χ4v) is 0.471. The van der Waals surface area contributed by atoms with E-state index in [1.807, 2.05) is 0 Å². The van der Waals surface area contributed by atoms with Gasteiger partial charge in [-0.2, -0.15) is 0 Å². The average Bonchev–Trinajstić information content (AvgIpc) is 1.87. The summed E-state index contributed by atoms with van der Waals surface area (Å²) < 4.78 is 0. The van der Waals surface area contributed by atoms with Crippen molar-refractivity contribution in [3.63, 3.8) is 0 Å². The highest BCUT2D eigenvalue weighted by Gasteiger charge is 2.06. The number of aldehydes is 1. The third kappa shape index (κ3) is 2.59. The van der Waals surface area contributed by atoms with Crippen molar-refractivity contribution in [2.24, 2.45) is 0 Å². The van der Waals surface area contributed by atoms with Crippen LogP contribution in [0.15, 0.2) is 0 Å². The van der Waals surface area contributed by atoms with Crippen LogP contribution < -0.4 is 0 Å². The lowest BCUT2D eigenvalue weighted by Gasteiger charge is -2.24.